The molecule has 3 heterocycles. The van der Waals surface area contributed by atoms with Gasteiger partial charge in [0.2, 0.25) is 0 Å². The summed E-state index contributed by atoms with van der Waals surface area (Å²) in [6.07, 6.45) is 7.51. The summed E-state index contributed by atoms with van der Waals surface area (Å²) in [7, 11) is 6.75. The van der Waals surface area contributed by atoms with Gasteiger partial charge in [-0.25, -0.2) is 0 Å². The van der Waals surface area contributed by atoms with Gasteiger partial charge in [-0.3, -0.25) is 9.52 Å². The number of benzene rings is 2. The van der Waals surface area contributed by atoms with Gasteiger partial charge in [0.1, 0.15) is 0 Å². The Morgan fingerprint density at radius 3 is 2.51 bits per heavy atom. The zero-order valence-electron chi connectivity index (χ0n) is 23.8. The number of hydrogen-bond donors (Lipinski definition) is 1. The molecule has 7 heteroatoms. The van der Waals surface area contributed by atoms with Crippen LogP contribution in [0.5, 0.6) is 0 Å². The fourth-order valence-electron chi connectivity index (χ4n) is 6.98. The molecule has 1 fully saturated rings. The summed E-state index contributed by atoms with van der Waals surface area (Å²) in [6, 6.07) is 15.8. The van der Waals surface area contributed by atoms with Crippen LogP contribution in [0.25, 0.3) is 22.2 Å². The normalized spacial score (nSPS) is 22.6. The zero-order valence-corrected chi connectivity index (χ0v) is 24.6. The number of carbonyl (C=O) groups excluding carboxylic acids is 1. The Balaban J connectivity index is 1.54. The third-order valence-electron chi connectivity index (χ3n) is 9.20. The molecule has 6 nitrogen and oxygen atoms in total. The first-order valence-corrected chi connectivity index (χ1v) is 15.8. The summed E-state index contributed by atoms with van der Waals surface area (Å²) in [5, 5.41) is 1.34. The van der Waals surface area contributed by atoms with E-state index in [1.54, 1.807) is 0 Å². The van der Waals surface area contributed by atoms with E-state index in [0.29, 0.717) is 12.0 Å². The molecule has 0 saturated heterocycles. The van der Waals surface area contributed by atoms with Crippen LogP contribution in [0.3, 0.4) is 0 Å². The van der Waals surface area contributed by atoms with Crippen molar-refractivity contribution < 1.29 is 4.79 Å². The Hall–Kier alpha value is -2.48. The van der Waals surface area contributed by atoms with Crippen molar-refractivity contribution in [2.24, 2.45) is 0 Å². The molecule has 1 N–H and O–H groups in total. The lowest BCUT2D eigenvalue weighted by molar-refractivity contribution is 0.0984. The quantitative estimate of drug-likeness (QED) is 0.391. The van der Waals surface area contributed by atoms with E-state index >= 15 is 0 Å². The SMILES string of the molecule is CN1CCCSNC(=O)c2ccc3c(C4CCCCC4)c4n(c3c2)CC(CN(C)CC1)N(C)c1ccccc1-4. The van der Waals surface area contributed by atoms with Crippen LogP contribution < -0.4 is 9.62 Å². The Morgan fingerprint density at radius 2 is 1.67 bits per heavy atom. The first-order valence-electron chi connectivity index (χ1n) is 14.8. The van der Waals surface area contributed by atoms with Crippen molar-refractivity contribution in [2.45, 2.75) is 57.0 Å². The molecular formula is C32H43N5OS. The summed E-state index contributed by atoms with van der Waals surface area (Å²) in [5.74, 6) is 1.50. The van der Waals surface area contributed by atoms with Crippen molar-refractivity contribution in [1.82, 2.24) is 19.1 Å². The number of carbonyl (C=O) groups is 1. The molecule has 1 amide bonds. The molecular weight excluding hydrogens is 502 g/mol. The van der Waals surface area contributed by atoms with Crippen LogP contribution in [-0.4, -0.2) is 79.4 Å². The van der Waals surface area contributed by atoms with Crippen LogP contribution in [0.2, 0.25) is 0 Å². The fraction of sp³-hybridized carbons (Fsp3) is 0.531. The van der Waals surface area contributed by atoms with Gasteiger partial charge in [0, 0.05) is 66.7 Å². The number of nitrogens with zero attached hydrogens (tertiary/aromatic N) is 4. The number of fused-ring (bicyclic) bond motifs is 4. The van der Waals surface area contributed by atoms with Crippen LogP contribution in [-0.2, 0) is 6.54 Å². The summed E-state index contributed by atoms with van der Waals surface area (Å²) in [4.78, 5) is 20.7. The van der Waals surface area contributed by atoms with E-state index in [1.165, 1.54) is 77.5 Å². The number of nitrogens with one attached hydrogen (secondary N) is 1. The number of aromatic nitrogens is 1. The molecule has 2 aliphatic heterocycles. The summed E-state index contributed by atoms with van der Waals surface area (Å²) in [6.45, 7) is 5.03. The standard InChI is InChI=1S/C32H43N5OS/c1-34-16-9-19-39-33-32(38)24-14-15-26-29(20-24)37-22-25(21-35(2)18-17-34)36(3)28-13-8-7-12-27(28)31(37)30(26)23-10-5-4-6-11-23/h7-8,12-15,20,23,25H,4-6,9-11,16-19,21-22H2,1-3H3,(H,33,38). The van der Waals surface area contributed by atoms with Crippen molar-refractivity contribution >= 4 is 34.4 Å². The van der Waals surface area contributed by atoms with Gasteiger partial charge in [-0.2, -0.15) is 0 Å². The summed E-state index contributed by atoms with van der Waals surface area (Å²) < 4.78 is 5.69. The lowest BCUT2D eigenvalue weighted by Crippen LogP contribution is -2.44. The average molecular weight is 546 g/mol. The minimum atomic E-state index is 0.0109. The molecule has 3 aliphatic rings. The topological polar surface area (TPSA) is 43.8 Å². The first kappa shape index (κ1) is 26.7. The van der Waals surface area contributed by atoms with E-state index in [0.717, 1.165) is 50.5 Å². The molecule has 6 rings (SSSR count). The lowest BCUT2D eigenvalue weighted by Gasteiger charge is -2.33. The zero-order chi connectivity index (χ0) is 26.9. The van der Waals surface area contributed by atoms with Crippen LogP contribution in [0, 0.1) is 0 Å². The molecule has 3 aromatic rings. The van der Waals surface area contributed by atoms with Gasteiger partial charge in [-0.1, -0.05) is 55.5 Å². The fourth-order valence-corrected chi connectivity index (χ4v) is 7.60. The van der Waals surface area contributed by atoms with Gasteiger partial charge < -0.3 is 19.3 Å². The number of amides is 1. The average Bonchev–Trinajstić information content (AvgIpc) is 3.22. The monoisotopic (exact) mass is 545 g/mol. The third-order valence-corrected chi connectivity index (χ3v) is 10.0. The minimum absolute atomic E-state index is 0.0109. The van der Waals surface area contributed by atoms with E-state index in [-0.39, 0.29) is 5.91 Å². The summed E-state index contributed by atoms with van der Waals surface area (Å²) >= 11 is 1.54. The van der Waals surface area contributed by atoms with E-state index < -0.39 is 0 Å². The van der Waals surface area contributed by atoms with E-state index in [4.69, 9.17) is 0 Å². The van der Waals surface area contributed by atoms with Gasteiger partial charge >= 0.3 is 0 Å². The second-order valence-corrected chi connectivity index (χ2v) is 12.8. The molecule has 0 radical (unpaired) electrons. The van der Waals surface area contributed by atoms with E-state index in [2.05, 4.69) is 87.6 Å². The van der Waals surface area contributed by atoms with Crippen molar-refractivity contribution in [3.63, 3.8) is 0 Å². The molecule has 1 saturated carbocycles. The second-order valence-electron chi connectivity index (χ2n) is 11.9. The van der Waals surface area contributed by atoms with Crippen molar-refractivity contribution in [2.75, 3.05) is 58.0 Å². The number of rotatable bonds is 1. The molecule has 1 unspecified atom stereocenters. The molecule has 208 valence electrons. The predicted octanol–water partition coefficient (Wildman–Crippen LogP) is 5.82. The van der Waals surface area contributed by atoms with Crippen LogP contribution in [0.15, 0.2) is 42.5 Å². The second kappa shape index (κ2) is 11.6. The highest BCUT2D eigenvalue weighted by Gasteiger charge is 2.33. The number of anilines is 1. The lowest BCUT2D eigenvalue weighted by atomic mass is 9.81. The Labute approximate surface area is 237 Å². The smallest absolute Gasteiger partial charge is 0.261 e. The van der Waals surface area contributed by atoms with Gasteiger partial charge in [-0.05, 0) is 69.6 Å². The predicted molar refractivity (Wildman–Crippen MR) is 165 cm³/mol. The van der Waals surface area contributed by atoms with Crippen LogP contribution in [0.1, 0.15) is 60.4 Å². The van der Waals surface area contributed by atoms with Gasteiger partial charge in [0.05, 0.1) is 11.7 Å². The molecule has 2 aromatic carbocycles. The highest BCUT2D eigenvalue weighted by Crippen LogP contribution is 2.47. The number of likely N-dealkylation sites (N-methyl/N-ethyl adjacent to an activating group) is 3. The largest absolute Gasteiger partial charge is 0.368 e. The van der Waals surface area contributed by atoms with Crippen LogP contribution in [0.4, 0.5) is 5.69 Å². The number of para-hydroxylation sites is 1. The van der Waals surface area contributed by atoms with Gasteiger partial charge in [0.25, 0.3) is 5.91 Å². The van der Waals surface area contributed by atoms with E-state index in [1.807, 2.05) is 0 Å². The van der Waals surface area contributed by atoms with Crippen molar-refractivity contribution in [3.05, 3.63) is 53.6 Å². The van der Waals surface area contributed by atoms with Gasteiger partial charge in [-0.15, -0.1) is 0 Å². The first-order chi connectivity index (χ1) is 19.0. The highest BCUT2D eigenvalue weighted by atomic mass is 32.2. The van der Waals surface area contributed by atoms with Crippen molar-refractivity contribution in [3.8, 4) is 11.3 Å². The maximum absolute atomic E-state index is 13.2. The maximum Gasteiger partial charge on any atom is 0.261 e. The Morgan fingerprint density at radius 1 is 0.872 bits per heavy atom. The molecule has 1 aromatic heterocycles. The minimum Gasteiger partial charge on any atom is -0.368 e. The maximum atomic E-state index is 13.2. The Kier molecular flexibility index (Phi) is 7.92. The molecule has 0 spiro atoms. The van der Waals surface area contributed by atoms with Gasteiger partial charge in [0.15, 0.2) is 0 Å². The molecule has 4 bridgehead atoms. The van der Waals surface area contributed by atoms with E-state index in [9.17, 15) is 4.79 Å². The highest BCUT2D eigenvalue weighted by molar-refractivity contribution is 7.97. The molecule has 1 atom stereocenters. The summed E-state index contributed by atoms with van der Waals surface area (Å²) in [5.41, 5.74) is 7.51. The Bertz CT molecular complexity index is 1330. The molecule has 39 heavy (non-hydrogen) atoms. The molecule has 1 aliphatic carbocycles. The third kappa shape index (κ3) is 5.33. The number of hydrogen-bond acceptors (Lipinski definition) is 5. The van der Waals surface area contributed by atoms with Crippen LogP contribution >= 0.6 is 11.9 Å². The van der Waals surface area contributed by atoms with Crippen molar-refractivity contribution in [1.29, 1.82) is 0 Å².